The van der Waals surface area contributed by atoms with Crippen molar-refractivity contribution >= 4 is 15.9 Å². The number of halogens is 1. The molecule has 0 aromatic rings. The van der Waals surface area contributed by atoms with Gasteiger partial charge in [-0.25, -0.2) is 0 Å². The van der Waals surface area contributed by atoms with Crippen LogP contribution in [0.1, 0.15) is 13.8 Å². The second-order valence-electron chi connectivity index (χ2n) is 1.35. The Labute approximate surface area is 52.2 Å². The highest BCUT2D eigenvalue weighted by atomic mass is 79.9. The van der Waals surface area contributed by atoms with Crippen molar-refractivity contribution in [1.29, 1.82) is 0 Å². The summed E-state index contributed by atoms with van der Waals surface area (Å²) in [5.41, 5.74) is 0. The van der Waals surface area contributed by atoms with Crippen LogP contribution in [0.4, 0.5) is 0 Å². The Bertz CT molecular complexity index is 76.1. The van der Waals surface area contributed by atoms with E-state index in [9.17, 15) is 0 Å². The Morgan fingerprint density at radius 3 is 2.29 bits per heavy atom. The van der Waals surface area contributed by atoms with Gasteiger partial charge in [-0.3, -0.25) is 0 Å². The summed E-state index contributed by atoms with van der Waals surface area (Å²) in [5.74, 6) is 0. The predicted molar refractivity (Wildman–Crippen MR) is 34.4 cm³/mol. The quantitative estimate of drug-likeness (QED) is 0.626. The fourth-order valence-electron chi connectivity index (χ4n) is 0.241. The van der Waals surface area contributed by atoms with Gasteiger partial charge in [-0.05, 0) is 13.8 Å². The first-order valence-electron chi connectivity index (χ1n) is 2.18. The molecule has 0 aliphatic carbocycles. The molecule has 1 atom stereocenters. The van der Waals surface area contributed by atoms with Crippen molar-refractivity contribution in [3.8, 4) is 0 Å². The lowest BCUT2D eigenvalue weighted by molar-refractivity contribution is 0.241. The lowest BCUT2D eigenvalue weighted by Gasteiger charge is -1.97. The van der Waals surface area contributed by atoms with Gasteiger partial charge in [-0.2, -0.15) is 0 Å². The molecule has 2 heteroatoms. The first kappa shape index (κ1) is 7.18. The Kier molecular flexibility index (Phi) is 3.30. The van der Waals surface area contributed by atoms with Gasteiger partial charge in [-0.1, -0.05) is 22.0 Å². The summed E-state index contributed by atoms with van der Waals surface area (Å²) in [4.78, 5) is 0. The van der Waals surface area contributed by atoms with Gasteiger partial charge in [0, 0.05) is 4.48 Å². The van der Waals surface area contributed by atoms with Gasteiger partial charge in [0.1, 0.15) is 0 Å². The molecule has 0 saturated carbocycles. The molecule has 0 aliphatic rings. The molecule has 0 bridgehead atoms. The van der Waals surface area contributed by atoms with Crippen molar-refractivity contribution in [3.63, 3.8) is 0 Å². The van der Waals surface area contributed by atoms with Crippen LogP contribution in [-0.2, 0) is 0 Å². The van der Waals surface area contributed by atoms with Crippen molar-refractivity contribution in [2.24, 2.45) is 0 Å². The van der Waals surface area contributed by atoms with Crippen LogP contribution in [0, 0.1) is 0 Å². The second kappa shape index (κ2) is 3.22. The summed E-state index contributed by atoms with van der Waals surface area (Å²) in [6.45, 7) is 3.58. The van der Waals surface area contributed by atoms with E-state index < -0.39 is 0 Å². The summed E-state index contributed by atoms with van der Waals surface area (Å²) in [6.07, 6.45) is 1.47. The molecule has 0 rings (SSSR count). The molecule has 0 heterocycles. The van der Waals surface area contributed by atoms with Crippen LogP contribution < -0.4 is 0 Å². The van der Waals surface area contributed by atoms with E-state index in [4.69, 9.17) is 5.11 Å². The molecular formula is C5H9BrO. The molecule has 0 aromatic carbocycles. The third-order valence-corrected chi connectivity index (χ3v) is 1.80. The van der Waals surface area contributed by atoms with E-state index in [1.54, 1.807) is 6.92 Å². The maximum Gasteiger partial charge on any atom is 0.0823 e. The molecular weight excluding hydrogens is 156 g/mol. The minimum atomic E-state index is -0.356. The van der Waals surface area contributed by atoms with Crippen LogP contribution in [0.25, 0.3) is 0 Å². The third-order valence-electron chi connectivity index (χ3n) is 0.675. The standard InChI is InChI=1S/C5H9BrO/c1-3-5(6)4(2)7/h3-4,7H,1-2H3/b5-3-/t4-/m1/s1. The van der Waals surface area contributed by atoms with Crippen molar-refractivity contribution in [1.82, 2.24) is 0 Å². The molecule has 0 aromatic heterocycles. The SMILES string of the molecule is C/C=C(\Br)[C@@H](C)O. The minimum Gasteiger partial charge on any atom is -0.388 e. The number of hydrogen-bond donors (Lipinski definition) is 1. The van der Waals surface area contributed by atoms with Gasteiger partial charge in [-0.15, -0.1) is 0 Å². The number of aliphatic hydroxyl groups is 1. The van der Waals surface area contributed by atoms with Gasteiger partial charge in [0.15, 0.2) is 0 Å². The molecule has 42 valence electrons. The van der Waals surface area contributed by atoms with Gasteiger partial charge < -0.3 is 5.11 Å². The molecule has 0 radical (unpaired) electrons. The molecule has 0 aliphatic heterocycles. The molecule has 1 nitrogen and oxygen atoms in total. The van der Waals surface area contributed by atoms with Crippen LogP contribution in [0.2, 0.25) is 0 Å². The lowest BCUT2D eigenvalue weighted by Crippen LogP contribution is -1.96. The highest BCUT2D eigenvalue weighted by Gasteiger charge is 1.94. The highest BCUT2D eigenvalue weighted by molar-refractivity contribution is 9.11. The fourth-order valence-corrected chi connectivity index (χ4v) is 0.241. The summed E-state index contributed by atoms with van der Waals surface area (Å²) in [7, 11) is 0. The number of hydrogen-bond acceptors (Lipinski definition) is 1. The summed E-state index contributed by atoms with van der Waals surface area (Å²) < 4.78 is 0.840. The zero-order valence-corrected chi connectivity index (χ0v) is 6.07. The molecule has 0 amide bonds. The van der Waals surface area contributed by atoms with Crippen LogP contribution in [0.15, 0.2) is 10.6 Å². The molecule has 1 N–H and O–H groups in total. The zero-order chi connectivity index (χ0) is 5.86. The molecule has 0 fully saturated rings. The topological polar surface area (TPSA) is 20.2 Å². The van der Waals surface area contributed by atoms with E-state index in [0.29, 0.717) is 0 Å². The highest BCUT2D eigenvalue weighted by Crippen LogP contribution is 2.08. The van der Waals surface area contributed by atoms with Gasteiger partial charge in [0.2, 0.25) is 0 Å². The average molecular weight is 165 g/mol. The van der Waals surface area contributed by atoms with Gasteiger partial charge in [0.05, 0.1) is 6.10 Å². The summed E-state index contributed by atoms with van der Waals surface area (Å²) in [5, 5.41) is 8.71. The Balaban J connectivity index is 3.56. The third kappa shape index (κ3) is 2.83. The fraction of sp³-hybridized carbons (Fsp3) is 0.600. The lowest BCUT2D eigenvalue weighted by atomic mass is 10.4. The minimum absolute atomic E-state index is 0.356. The largest absolute Gasteiger partial charge is 0.388 e. The van der Waals surface area contributed by atoms with Crippen LogP contribution in [0.3, 0.4) is 0 Å². The first-order chi connectivity index (χ1) is 3.18. The van der Waals surface area contributed by atoms with E-state index in [-0.39, 0.29) is 6.10 Å². The molecule has 0 saturated heterocycles. The average Bonchev–Trinajstić information content (AvgIpc) is 1.65. The van der Waals surface area contributed by atoms with Crippen molar-refractivity contribution in [2.45, 2.75) is 20.0 Å². The normalized spacial score (nSPS) is 16.9. The van der Waals surface area contributed by atoms with E-state index in [0.717, 1.165) is 4.48 Å². The van der Waals surface area contributed by atoms with Crippen molar-refractivity contribution in [2.75, 3.05) is 0 Å². The molecule has 0 unspecified atom stereocenters. The number of allylic oxidation sites excluding steroid dienone is 1. The Morgan fingerprint density at radius 2 is 2.29 bits per heavy atom. The van der Waals surface area contributed by atoms with Gasteiger partial charge in [0.25, 0.3) is 0 Å². The second-order valence-corrected chi connectivity index (χ2v) is 2.27. The maximum absolute atomic E-state index is 8.71. The number of aliphatic hydroxyl groups excluding tert-OH is 1. The van der Waals surface area contributed by atoms with Crippen LogP contribution in [0.5, 0.6) is 0 Å². The first-order valence-corrected chi connectivity index (χ1v) is 2.97. The van der Waals surface area contributed by atoms with E-state index in [1.165, 1.54) is 0 Å². The Morgan fingerprint density at radius 1 is 1.86 bits per heavy atom. The smallest absolute Gasteiger partial charge is 0.0823 e. The summed E-state index contributed by atoms with van der Waals surface area (Å²) >= 11 is 3.15. The van der Waals surface area contributed by atoms with Crippen LogP contribution in [-0.4, -0.2) is 11.2 Å². The zero-order valence-electron chi connectivity index (χ0n) is 4.48. The molecule has 0 spiro atoms. The monoisotopic (exact) mass is 164 g/mol. The van der Waals surface area contributed by atoms with E-state index >= 15 is 0 Å². The van der Waals surface area contributed by atoms with Crippen molar-refractivity contribution in [3.05, 3.63) is 10.6 Å². The van der Waals surface area contributed by atoms with Gasteiger partial charge >= 0.3 is 0 Å². The van der Waals surface area contributed by atoms with Crippen molar-refractivity contribution < 1.29 is 5.11 Å². The number of rotatable bonds is 1. The maximum atomic E-state index is 8.71. The predicted octanol–water partition coefficient (Wildman–Crippen LogP) is 1.67. The van der Waals surface area contributed by atoms with E-state index in [2.05, 4.69) is 15.9 Å². The Hall–Kier alpha value is 0.180. The molecule has 7 heavy (non-hydrogen) atoms. The van der Waals surface area contributed by atoms with E-state index in [1.807, 2.05) is 13.0 Å². The van der Waals surface area contributed by atoms with Crippen LogP contribution >= 0.6 is 15.9 Å². The summed E-state index contributed by atoms with van der Waals surface area (Å²) in [6, 6.07) is 0.